The molecule has 0 aromatic heterocycles. The lowest BCUT2D eigenvalue weighted by atomic mass is 10.1. The Bertz CT molecular complexity index is 1260. The van der Waals surface area contributed by atoms with Crippen LogP contribution in [-0.2, 0) is 0 Å². The van der Waals surface area contributed by atoms with Crippen molar-refractivity contribution in [2.75, 3.05) is 11.9 Å². The summed E-state index contributed by atoms with van der Waals surface area (Å²) in [6.07, 6.45) is 0. The summed E-state index contributed by atoms with van der Waals surface area (Å²) in [7, 11) is 0. The van der Waals surface area contributed by atoms with E-state index in [-0.39, 0.29) is 11.0 Å². The van der Waals surface area contributed by atoms with Crippen LogP contribution in [0.3, 0.4) is 0 Å². The molecule has 0 aliphatic rings. The highest BCUT2D eigenvalue weighted by Gasteiger charge is 2.12. The first-order valence-electron chi connectivity index (χ1n) is 11.3. The number of amides is 3. The number of aryl methyl sites for hydroxylation is 1. The molecule has 0 aliphatic carbocycles. The molecule has 8 nitrogen and oxygen atoms in total. The van der Waals surface area contributed by atoms with Gasteiger partial charge in [-0.2, -0.15) is 0 Å². The van der Waals surface area contributed by atoms with Gasteiger partial charge in [0.25, 0.3) is 17.7 Å². The molecule has 3 aromatic carbocycles. The van der Waals surface area contributed by atoms with Crippen LogP contribution in [0.2, 0.25) is 0 Å². The molecular weight excluding hydrogens is 476 g/mol. The Morgan fingerprint density at radius 2 is 1.47 bits per heavy atom. The summed E-state index contributed by atoms with van der Waals surface area (Å²) >= 11 is 5.10. The fourth-order valence-electron chi connectivity index (χ4n) is 3.08. The lowest BCUT2D eigenvalue weighted by molar-refractivity contribution is 0.0934. The van der Waals surface area contributed by atoms with E-state index in [1.54, 1.807) is 60.7 Å². The molecule has 0 heterocycles. The van der Waals surface area contributed by atoms with E-state index in [1.165, 1.54) is 0 Å². The zero-order valence-corrected chi connectivity index (χ0v) is 21.1. The van der Waals surface area contributed by atoms with Crippen molar-refractivity contribution in [1.29, 1.82) is 0 Å². The van der Waals surface area contributed by atoms with E-state index in [1.807, 2.05) is 32.9 Å². The maximum atomic E-state index is 12.5. The van der Waals surface area contributed by atoms with Gasteiger partial charge in [-0.25, -0.2) is 0 Å². The van der Waals surface area contributed by atoms with Crippen molar-refractivity contribution in [1.82, 2.24) is 16.2 Å². The van der Waals surface area contributed by atoms with E-state index < -0.39 is 11.8 Å². The monoisotopic (exact) mass is 504 g/mol. The van der Waals surface area contributed by atoms with Gasteiger partial charge in [0.1, 0.15) is 5.75 Å². The summed E-state index contributed by atoms with van der Waals surface area (Å²) in [5.41, 5.74) is 7.73. The van der Waals surface area contributed by atoms with E-state index in [9.17, 15) is 14.4 Å². The van der Waals surface area contributed by atoms with Crippen molar-refractivity contribution in [2.24, 2.45) is 5.92 Å². The molecule has 0 bridgehead atoms. The first kappa shape index (κ1) is 26.4. The second-order valence-electron chi connectivity index (χ2n) is 8.50. The predicted octanol–water partition coefficient (Wildman–Crippen LogP) is 4.23. The third-order valence-corrected chi connectivity index (χ3v) is 5.09. The number of hydrazine groups is 1. The Labute approximate surface area is 215 Å². The lowest BCUT2D eigenvalue weighted by Crippen LogP contribution is -2.48. The minimum Gasteiger partial charge on any atom is -0.493 e. The Morgan fingerprint density at radius 1 is 0.806 bits per heavy atom. The molecule has 3 amide bonds. The Balaban J connectivity index is 1.48. The van der Waals surface area contributed by atoms with E-state index >= 15 is 0 Å². The van der Waals surface area contributed by atoms with Gasteiger partial charge >= 0.3 is 0 Å². The van der Waals surface area contributed by atoms with Crippen LogP contribution >= 0.6 is 12.2 Å². The largest absolute Gasteiger partial charge is 0.493 e. The maximum Gasteiger partial charge on any atom is 0.269 e. The summed E-state index contributed by atoms with van der Waals surface area (Å²) in [4.78, 5) is 37.3. The van der Waals surface area contributed by atoms with Crippen LogP contribution in [0.25, 0.3) is 0 Å². The molecule has 36 heavy (non-hydrogen) atoms. The topological polar surface area (TPSA) is 109 Å². The van der Waals surface area contributed by atoms with Crippen LogP contribution in [-0.4, -0.2) is 29.4 Å². The third-order valence-electron chi connectivity index (χ3n) is 4.88. The minimum absolute atomic E-state index is 0.0658. The van der Waals surface area contributed by atoms with E-state index in [2.05, 4.69) is 21.5 Å². The summed E-state index contributed by atoms with van der Waals surface area (Å²) in [5, 5.41) is 5.24. The number of hydrogen-bond donors (Lipinski definition) is 4. The van der Waals surface area contributed by atoms with Crippen molar-refractivity contribution in [3.8, 4) is 5.75 Å². The van der Waals surface area contributed by atoms with Gasteiger partial charge in [-0.3, -0.25) is 30.6 Å². The van der Waals surface area contributed by atoms with E-state index in [4.69, 9.17) is 17.0 Å². The molecular formula is C27H28N4O4S. The molecule has 0 spiro atoms. The van der Waals surface area contributed by atoms with Gasteiger partial charge in [-0.1, -0.05) is 37.6 Å². The number of ether oxygens (including phenoxy) is 1. The standard InChI is InChI=1S/C27H28N4O4S/c1-17(2)16-35-23-9-5-8-21(15-23)25(33)29-27(36)31-30-26(34)19-10-12-22(13-11-19)28-24(32)20-7-4-6-18(3)14-20/h4-15,17H,16H2,1-3H3,(H,28,32)(H,30,34)(H2,29,31,33,36). The maximum absolute atomic E-state index is 12.5. The van der Waals surface area contributed by atoms with Gasteiger partial charge in [0, 0.05) is 22.4 Å². The van der Waals surface area contributed by atoms with Gasteiger partial charge in [-0.05, 0) is 79.7 Å². The van der Waals surface area contributed by atoms with E-state index in [0.717, 1.165) is 5.56 Å². The van der Waals surface area contributed by atoms with E-state index in [0.29, 0.717) is 40.7 Å². The van der Waals surface area contributed by atoms with Gasteiger partial charge in [0.15, 0.2) is 5.11 Å². The van der Waals surface area contributed by atoms with Crippen molar-refractivity contribution >= 4 is 40.7 Å². The van der Waals surface area contributed by atoms with Crippen molar-refractivity contribution in [3.63, 3.8) is 0 Å². The second-order valence-corrected chi connectivity index (χ2v) is 8.90. The summed E-state index contributed by atoms with van der Waals surface area (Å²) in [5.74, 6) is -0.202. The highest BCUT2D eigenvalue weighted by atomic mass is 32.1. The fraction of sp³-hybridized carbons (Fsp3) is 0.185. The zero-order chi connectivity index (χ0) is 26.1. The van der Waals surface area contributed by atoms with Crippen LogP contribution in [0.1, 0.15) is 50.5 Å². The normalized spacial score (nSPS) is 10.3. The summed E-state index contributed by atoms with van der Waals surface area (Å²) in [6, 6.07) is 20.4. The first-order valence-corrected chi connectivity index (χ1v) is 11.7. The Morgan fingerprint density at radius 3 is 2.14 bits per heavy atom. The van der Waals surface area contributed by atoms with Crippen molar-refractivity contribution in [3.05, 3.63) is 95.1 Å². The molecule has 9 heteroatoms. The third kappa shape index (κ3) is 7.92. The lowest BCUT2D eigenvalue weighted by Gasteiger charge is -2.12. The quantitative estimate of drug-likeness (QED) is 0.283. The number of hydrogen-bond acceptors (Lipinski definition) is 5. The predicted molar refractivity (Wildman–Crippen MR) is 143 cm³/mol. The number of anilines is 1. The molecule has 186 valence electrons. The average Bonchev–Trinajstić information content (AvgIpc) is 2.86. The van der Waals surface area contributed by atoms with Gasteiger partial charge in [0.05, 0.1) is 6.61 Å². The molecule has 3 rings (SSSR count). The Kier molecular flexibility index (Phi) is 9.13. The number of benzene rings is 3. The minimum atomic E-state index is -0.466. The molecule has 0 atom stereocenters. The molecule has 0 saturated heterocycles. The average molecular weight is 505 g/mol. The fourth-order valence-corrected chi connectivity index (χ4v) is 3.22. The number of thiocarbonyl (C=S) groups is 1. The van der Waals surface area contributed by atoms with Gasteiger partial charge in [-0.15, -0.1) is 0 Å². The molecule has 0 radical (unpaired) electrons. The number of nitrogens with one attached hydrogen (secondary N) is 4. The molecule has 4 N–H and O–H groups in total. The van der Waals surface area contributed by atoms with Crippen LogP contribution < -0.4 is 26.2 Å². The zero-order valence-electron chi connectivity index (χ0n) is 20.3. The molecule has 3 aromatic rings. The second kappa shape index (κ2) is 12.5. The van der Waals surface area contributed by atoms with Crippen molar-refractivity contribution < 1.29 is 19.1 Å². The SMILES string of the molecule is Cc1cccc(C(=O)Nc2ccc(C(=O)NNC(=S)NC(=O)c3cccc(OCC(C)C)c3)cc2)c1. The molecule has 0 fully saturated rings. The number of carbonyl (C=O) groups excluding carboxylic acids is 3. The van der Waals surface area contributed by atoms with Gasteiger partial charge in [0.2, 0.25) is 0 Å². The smallest absolute Gasteiger partial charge is 0.269 e. The van der Waals surface area contributed by atoms with Crippen LogP contribution in [0, 0.1) is 12.8 Å². The first-order chi connectivity index (χ1) is 17.2. The summed E-state index contributed by atoms with van der Waals surface area (Å²) < 4.78 is 5.64. The molecule has 0 aliphatic heterocycles. The molecule has 0 unspecified atom stereocenters. The van der Waals surface area contributed by atoms with Crippen molar-refractivity contribution in [2.45, 2.75) is 20.8 Å². The van der Waals surface area contributed by atoms with Crippen LogP contribution in [0.4, 0.5) is 5.69 Å². The molecule has 0 saturated carbocycles. The number of carbonyl (C=O) groups is 3. The Hall–Kier alpha value is -4.24. The van der Waals surface area contributed by atoms with Crippen LogP contribution in [0.15, 0.2) is 72.8 Å². The number of rotatable bonds is 7. The van der Waals surface area contributed by atoms with Crippen LogP contribution in [0.5, 0.6) is 5.75 Å². The highest BCUT2D eigenvalue weighted by Crippen LogP contribution is 2.15. The van der Waals surface area contributed by atoms with Gasteiger partial charge < -0.3 is 10.1 Å². The highest BCUT2D eigenvalue weighted by molar-refractivity contribution is 7.80. The summed E-state index contributed by atoms with van der Waals surface area (Å²) in [6.45, 7) is 6.52.